The first-order valence-electron chi connectivity index (χ1n) is 7.03. The normalized spacial score (nSPS) is 28.1. The van der Waals surface area contributed by atoms with Crippen LogP contribution < -0.4 is 10.1 Å². The fourth-order valence-corrected chi connectivity index (χ4v) is 3.26. The third kappa shape index (κ3) is 3.05. The van der Waals surface area contributed by atoms with E-state index in [1.165, 1.54) is 24.8 Å². The van der Waals surface area contributed by atoms with E-state index >= 15 is 0 Å². The third-order valence-electron chi connectivity index (χ3n) is 4.29. The Morgan fingerprint density at radius 3 is 2.78 bits per heavy atom. The zero-order valence-electron chi connectivity index (χ0n) is 11.8. The van der Waals surface area contributed by atoms with E-state index < -0.39 is 0 Å². The van der Waals surface area contributed by atoms with E-state index in [0.717, 1.165) is 24.0 Å². The van der Waals surface area contributed by atoms with Gasteiger partial charge in [-0.1, -0.05) is 25.1 Å². The van der Waals surface area contributed by atoms with Crippen LogP contribution in [0.5, 0.6) is 5.75 Å². The van der Waals surface area contributed by atoms with Crippen molar-refractivity contribution in [3.05, 3.63) is 29.8 Å². The van der Waals surface area contributed by atoms with Crippen LogP contribution in [0, 0.1) is 11.8 Å². The van der Waals surface area contributed by atoms with Crippen LogP contribution in [0.3, 0.4) is 0 Å². The number of benzene rings is 1. The van der Waals surface area contributed by atoms with Crippen LogP contribution >= 0.6 is 0 Å². The second-order valence-electron chi connectivity index (χ2n) is 5.59. The summed E-state index contributed by atoms with van der Waals surface area (Å²) in [5.41, 5.74) is 1.35. The molecule has 0 heterocycles. The second-order valence-corrected chi connectivity index (χ2v) is 5.59. The summed E-state index contributed by atoms with van der Waals surface area (Å²) in [6, 6.07) is 9.08. The largest absolute Gasteiger partial charge is 0.496 e. The quantitative estimate of drug-likeness (QED) is 0.881. The molecule has 0 aromatic heterocycles. The summed E-state index contributed by atoms with van der Waals surface area (Å²) in [7, 11) is 3.85. The minimum Gasteiger partial charge on any atom is -0.496 e. The summed E-state index contributed by atoms with van der Waals surface area (Å²) in [5, 5.41) is 3.49. The van der Waals surface area contributed by atoms with Crippen molar-refractivity contribution in [2.45, 2.75) is 38.6 Å². The van der Waals surface area contributed by atoms with Gasteiger partial charge in [-0.3, -0.25) is 0 Å². The maximum absolute atomic E-state index is 5.46. The molecule has 1 aromatic carbocycles. The lowest BCUT2D eigenvalue weighted by Gasteiger charge is -2.35. The highest BCUT2D eigenvalue weighted by Gasteiger charge is 2.28. The van der Waals surface area contributed by atoms with Crippen LogP contribution in [0.25, 0.3) is 0 Å². The minimum atomic E-state index is 0.658. The van der Waals surface area contributed by atoms with Crippen LogP contribution in [-0.4, -0.2) is 20.2 Å². The summed E-state index contributed by atoms with van der Waals surface area (Å²) in [6.07, 6.45) is 5.11. The van der Waals surface area contributed by atoms with E-state index in [0.29, 0.717) is 6.04 Å². The van der Waals surface area contributed by atoms with Gasteiger partial charge in [0, 0.05) is 6.04 Å². The molecule has 100 valence electrons. The molecule has 1 aliphatic carbocycles. The Kier molecular flexibility index (Phi) is 4.65. The first-order valence-corrected chi connectivity index (χ1v) is 7.03. The molecule has 0 bridgehead atoms. The molecule has 18 heavy (non-hydrogen) atoms. The van der Waals surface area contributed by atoms with Crippen LogP contribution in [0.2, 0.25) is 0 Å². The Hall–Kier alpha value is -1.02. The van der Waals surface area contributed by atoms with Gasteiger partial charge in [0.1, 0.15) is 5.75 Å². The molecule has 1 aliphatic rings. The van der Waals surface area contributed by atoms with Crippen molar-refractivity contribution in [2.24, 2.45) is 11.8 Å². The number of rotatable bonds is 4. The predicted octanol–water partition coefficient (Wildman–Crippen LogP) is 3.26. The Balaban J connectivity index is 2.10. The molecule has 0 amide bonds. The lowest BCUT2D eigenvalue weighted by Crippen LogP contribution is -2.39. The highest BCUT2D eigenvalue weighted by Crippen LogP contribution is 2.33. The van der Waals surface area contributed by atoms with E-state index in [4.69, 9.17) is 4.74 Å². The number of hydrogen-bond acceptors (Lipinski definition) is 2. The van der Waals surface area contributed by atoms with Gasteiger partial charge in [-0.25, -0.2) is 0 Å². The standard InChI is InChI=1S/C16H25NO/c1-12-8-9-15(17-2)14(10-12)11-13-6-4-5-7-16(13)18-3/h4-7,12,14-15,17H,8-11H2,1-3H3. The molecule has 2 nitrogen and oxygen atoms in total. The van der Waals surface area contributed by atoms with Crippen molar-refractivity contribution in [3.8, 4) is 5.75 Å². The summed E-state index contributed by atoms with van der Waals surface area (Å²) in [5.74, 6) is 2.62. The topological polar surface area (TPSA) is 21.3 Å². The Bertz CT molecular complexity index is 377. The van der Waals surface area contributed by atoms with Crippen molar-refractivity contribution in [1.82, 2.24) is 5.32 Å². The molecular weight excluding hydrogens is 222 g/mol. The van der Waals surface area contributed by atoms with Crippen molar-refractivity contribution in [2.75, 3.05) is 14.2 Å². The van der Waals surface area contributed by atoms with E-state index in [2.05, 4.69) is 37.5 Å². The number of hydrogen-bond donors (Lipinski definition) is 1. The molecule has 1 fully saturated rings. The molecule has 3 unspecified atom stereocenters. The van der Waals surface area contributed by atoms with Crippen molar-refractivity contribution in [1.29, 1.82) is 0 Å². The lowest BCUT2D eigenvalue weighted by atomic mass is 9.76. The average molecular weight is 247 g/mol. The molecular formula is C16H25NO. The van der Waals surface area contributed by atoms with Gasteiger partial charge < -0.3 is 10.1 Å². The molecule has 0 spiro atoms. The third-order valence-corrected chi connectivity index (χ3v) is 4.29. The highest BCUT2D eigenvalue weighted by molar-refractivity contribution is 5.33. The molecule has 2 rings (SSSR count). The summed E-state index contributed by atoms with van der Waals surface area (Å²) < 4.78 is 5.46. The van der Waals surface area contributed by atoms with E-state index in [-0.39, 0.29) is 0 Å². The Morgan fingerprint density at radius 1 is 1.28 bits per heavy atom. The molecule has 0 saturated heterocycles. The zero-order chi connectivity index (χ0) is 13.0. The van der Waals surface area contributed by atoms with E-state index in [1.54, 1.807) is 7.11 Å². The number of para-hydroxylation sites is 1. The average Bonchev–Trinajstić information content (AvgIpc) is 2.40. The second kappa shape index (κ2) is 6.24. The number of ether oxygens (including phenoxy) is 1. The molecule has 0 aliphatic heterocycles. The van der Waals surface area contributed by atoms with Gasteiger partial charge in [0.2, 0.25) is 0 Å². The molecule has 3 atom stereocenters. The molecule has 1 saturated carbocycles. The van der Waals surface area contributed by atoms with Gasteiger partial charge in [0.25, 0.3) is 0 Å². The van der Waals surface area contributed by atoms with Gasteiger partial charge in [-0.05, 0) is 56.2 Å². The Labute approximate surface area is 111 Å². The van der Waals surface area contributed by atoms with E-state index in [9.17, 15) is 0 Å². The van der Waals surface area contributed by atoms with Crippen LogP contribution in [-0.2, 0) is 6.42 Å². The number of nitrogens with one attached hydrogen (secondary N) is 1. The van der Waals surface area contributed by atoms with Crippen LogP contribution in [0.1, 0.15) is 31.7 Å². The molecule has 0 radical (unpaired) electrons. The van der Waals surface area contributed by atoms with E-state index in [1.807, 2.05) is 6.07 Å². The van der Waals surface area contributed by atoms with Crippen molar-refractivity contribution in [3.63, 3.8) is 0 Å². The SMILES string of the molecule is CNC1CCC(C)CC1Cc1ccccc1OC. The molecule has 2 heteroatoms. The predicted molar refractivity (Wildman–Crippen MR) is 76.1 cm³/mol. The smallest absolute Gasteiger partial charge is 0.122 e. The Morgan fingerprint density at radius 2 is 2.06 bits per heavy atom. The first kappa shape index (κ1) is 13.4. The van der Waals surface area contributed by atoms with Crippen LogP contribution in [0.15, 0.2) is 24.3 Å². The number of methoxy groups -OCH3 is 1. The molecule has 1 N–H and O–H groups in total. The fraction of sp³-hybridized carbons (Fsp3) is 0.625. The first-order chi connectivity index (χ1) is 8.74. The zero-order valence-corrected chi connectivity index (χ0v) is 11.8. The van der Waals surface area contributed by atoms with Crippen molar-refractivity contribution < 1.29 is 4.74 Å². The fourth-order valence-electron chi connectivity index (χ4n) is 3.26. The summed E-state index contributed by atoms with van der Waals surface area (Å²) in [6.45, 7) is 2.38. The van der Waals surface area contributed by atoms with Crippen molar-refractivity contribution >= 4 is 0 Å². The van der Waals surface area contributed by atoms with Crippen LogP contribution in [0.4, 0.5) is 0 Å². The van der Waals surface area contributed by atoms with Gasteiger partial charge in [-0.2, -0.15) is 0 Å². The monoisotopic (exact) mass is 247 g/mol. The summed E-state index contributed by atoms with van der Waals surface area (Å²) >= 11 is 0. The van der Waals surface area contributed by atoms with Gasteiger partial charge in [0.15, 0.2) is 0 Å². The van der Waals surface area contributed by atoms with Gasteiger partial charge in [-0.15, -0.1) is 0 Å². The minimum absolute atomic E-state index is 0.658. The summed E-state index contributed by atoms with van der Waals surface area (Å²) in [4.78, 5) is 0. The highest BCUT2D eigenvalue weighted by atomic mass is 16.5. The lowest BCUT2D eigenvalue weighted by molar-refractivity contribution is 0.219. The van der Waals surface area contributed by atoms with Gasteiger partial charge in [0.05, 0.1) is 7.11 Å². The maximum Gasteiger partial charge on any atom is 0.122 e. The molecule has 1 aromatic rings. The van der Waals surface area contributed by atoms with Gasteiger partial charge >= 0.3 is 0 Å². The maximum atomic E-state index is 5.46.